The number of carbonyl (C=O) groups is 1. The Morgan fingerprint density at radius 3 is 2.73 bits per heavy atom. The van der Waals surface area contributed by atoms with Crippen LogP contribution in [0.5, 0.6) is 0 Å². The molecule has 2 aromatic rings. The third-order valence-electron chi connectivity index (χ3n) is 6.43. The summed E-state index contributed by atoms with van der Waals surface area (Å²) in [6.45, 7) is 3.91. The summed E-state index contributed by atoms with van der Waals surface area (Å²) in [5.74, 6) is 0.780. The van der Waals surface area contributed by atoms with E-state index >= 15 is 0 Å². The molecule has 2 fully saturated rings. The van der Waals surface area contributed by atoms with Crippen molar-refractivity contribution < 1.29 is 14.6 Å². The van der Waals surface area contributed by atoms with E-state index in [0.29, 0.717) is 55.5 Å². The normalized spacial score (nSPS) is 21.7. The number of fused-ring (bicyclic) bond motifs is 1. The Hall–Kier alpha value is -2.25. The molecule has 0 aliphatic carbocycles. The molecule has 1 atom stereocenters. The second kappa shape index (κ2) is 8.86. The molecule has 1 N–H and O–H groups in total. The summed E-state index contributed by atoms with van der Waals surface area (Å²) in [6.07, 6.45) is 5.10. The van der Waals surface area contributed by atoms with E-state index in [-0.39, 0.29) is 24.1 Å². The third-order valence-corrected chi connectivity index (χ3v) is 6.43. The van der Waals surface area contributed by atoms with Crippen molar-refractivity contribution in [1.29, 1.82) is 0 Å². The van der Waals surface area contributed by atoms with Crippen LogP contribution in [0.1, 0.15) is 51.3 Å². The van der Waals surface area contributed by atoms with E-state index < -0.39 is 5.60 Å². The largest absolute Gasteiger partial charge is 0.388 e. The lowest BCUT2D eigenvalue weighted by molar-refractivity contribution is -0.139. The average molecular weight is 414 g/mol. The Morgan fingerprint density at radius 2 is 2.03 bits per heavy atom. The van der Waals surface area contributed by atoms with Crippen molar-refractivity contribution in [1.82, 2.24) is 14.5 Å². The molecule has 0 bridgehead atoms. The van der Waals surface area contributed by atoms with E-state index in [2.05, 4.69) is 4.98 Å². The molecule has 0 saturated carbocycles. The van der Waals surface area contributed by atoms with Crippen molar-refractivity contribution in [3.05, 3.63) is 40.4 Å². The predicted molar refractivity (Wildman–Crippen MR) is 114 cm³/mol. The number of nitrogens with zero attached hydrogens (tertiary/aromatic N) is 3. The molecule has 1 aromatic heterocycles. The van der Waals surface area contributed by atoms with E-state index in [1.807, 2.05) is 30.0 Å². The van der Waals surface area contributed by atoms with Gasteiger partial charge in [-0.25, -0.2) is 4.98 Å². The van der Waals surface area contributed by atoms with Gasteiger partial charge in [0.2, 0.25) is 5.91 Å². The Kier molecular flexibility index (Phi) is 6.20. The molecule has 7 heteroatoms. The number of ether oxygens (including phenoxy) is 1. The maximum Gasteiger partial charge on any atom is 0.261 e. The van der Waals surface area contributed by atoms with Gasteiger partial charge in [-0.05, 0) is 44.2 Å². The van der Waals surface area contributed by atoms with Gasteiger partial charge < -0.3 is 14.7 Å². The number of aromatic nitrogens is 2. The summed E-state index contributed by atoms with van der Waals surface area (Å²) in [7, 11) is 0. The van der Waals surface area contributed by atoms with Crippen molar-refractivity contribution in [3.8, 4) is 0 Å². The van der Waals surface area contributed by atoms with Crippen LogP contribution in [0.15, 0.2) is 29.1 Å². The first-order valence-corrected chi connectivity index (χ1v) is 11.1. The van der Waals surface area contributed by atoms with Crippen LogP contribution >= 0.6 is 0 Å². The SMILES string of the molecule is CCc1nc2ccccc2c(=O)n1CC1(O)CCN(C(=O)CC2CCCCO2)CC1. The second-order valence-corrected chi connectivity index (χ2v) is 8.59. The maximum atomic E-state index is 13.1. The summed E-state index contributed by atoms with van der Waals surface area (Å²) in [5.41, 5.74) is -0.442. The molecule has 1 amide bonds. The number of benzene rings is 1. The van der Waals surface area contributed by atoms with Gasteiger partial charge in [-0.1, -0.05) is 19.1 Å². The minimum atomic E-state index is -1.02. The van der Waals surface area contributed by atoms with Crippen LogP contribution in [0.25, 0.3) is 10.9 Å². The highest BCUT2D eigenvalue weighted by molar-refractivity contribution is 5.77. The van der Waals surface area contributed by atoms with Gasteiger partial charge >= 0.3 is 0 Å². The molecule has 2 aliphatic heterocycles. The minimum Gasteiger partial charge on any atom is -0.388 e. The van der Waals surface area contributed by atoms with Gasteiger partial charge in [0.05, 0.1) is 35.6 Å². The zero-order valence-corrected chi connectivity index (χ0v) is 17.7. The fourth-order valence-electron chi connectivity index (χ4n) is 4.56. The highest BCUT2D eigenvalue weighted by Crippen LogP contribution is 2.26. The lowest BCUT2D eigenvalue weighted by atomic mass is 9.90. The minimum absolute atomic E-state index is 0.0291. The number of rotatable bonds is 5. The summed E-state index contributed by atoms with van der Waals surface area (Å²) in [6, 6.07) is 7.32. The topological polar surface area (TPSA) is 84.7 Å². The van der Waals surface area contributed by atoms with Gasteiger partial charge in [0.1, 0.15) is 5.82 Å². The van der Waals surface area contributed by atoms with Crippen LogP contribution in [0.4, 0.5) is 0 Å². The van der Waals surface area contributed by atoms with Crippen LogP contribution in [-0.2, 0) is 22.5 Å². The van der Waals surface area contributed by atoms with E-state index in [1.54, 1.807) is 10.6 Å². The number of aliphatic hydroxyl groups is 1. The molecule has 7 nitrogen and oxygen atoms in total. The van der Waals surface area contributed by atoms with Crippen molar-refractivity contribution >= 4 is 16.8 Å². The molecule has 0 spiro atoms. The number of likely N-dealkylation sites (tertiary alicyclic amines) is 1. The molecular formula is C23H31N3O4. The summed E-state index contributed by atoms with van der Waals surface area (Å²) in [4.78, 5) is 32.1. The predicted octanol–water partition coefficient (Wildman–Crippen LogP) is 2.27. The molecule has 30 heavy (non-hydrogen) atoms. The third kappa shape index (κ3) is 4.42. The summed E-state index contributed by atoms with van der Waals surface area (Å²) >= 11 is 0. The lowest BCUT2D eigenvalue weighted by Gasteiger charge is -2.39. The van der Waals surface area contributed by atoms with Gasteiger partial charge in [0.15, 0.2) is 0 Å². The summed E-state index contributed by atoms with van der Waals surface area (Å²) < 4.78 is 7.31. The van der Waals surface area contributed by atoms with E-state index in [9.17, 15) is 14.7 Å². The van der Waals surface area contributed by atoms with Crippen LogP contribution in [0.2, 0.25) is 0 Å². The quantitative estimate of drug-likeness (QED) is 0.813. The average Bonchev–Trinajstić information content (AvgIpc) is 2.76. The smallest absolute Gasteiger partial charge is 0.261 e. The Bertz CT molecular complexity index is 957. The number of aryl methyl sites for hydroxylation is 1. The van der Waals surface area contributed by atoms with Crippen LogP contribution in [0.3, 0.4) is 0 Å². The maximum absolute atomic E-state index is 13.1. The second-order valence-electron chi connectivity index (χ2n) is 8.59. The molecule has 1 aromatic carbocycles. The molecule has 3 heterocycles. The number of piperidine rings is 1. The van der Waals surface area contributed by atoms with Crippen molar-refractivity contribution in [3.63, 3.8) is 0 Å². The van der Waals surface area contributed by atoms with Gasteiger partial charge in [-0.15, -0.1) is 0 Å². The molecule has 1 unspecified atom stereocenters. The standard InChI is InChI=1S/C23H31N3O4/c1-2-20-24-19-9-4-3-8-18(19)22(28)26(20)16-23(29)10-12-25(13-11-23)21(27)15-17-7-5-6-14-30-17/h3-4,8-9,17,29H,2,5-7,10-16H2,1H3. The van der Waals surface area contributed by atoms with E-state index in [0.717, 1.165) is 25.9 Å². The number of amides is 1. The molecule has 4 rings (SSSR count). The van der Waals surface area contributed by atoms with Gasteiger partial charge in [0.25, 0.3) is 5.56 Å². The Morgan fingerprint density at radius 1 is 1.27 bits per heavy atom. The fourth-order valence-corrected chi connectivity index (χ4v) is 4.56. The monoisotopic (exact) mass is 413 g/mol. The number of hydrogen-bond donors (Lipinski definition) is 1. The summed E-state index contributed by atoms with van der Waals surface area (Å²) in [5, 5.41) is 11.8. The zero-order valence-electron chi connectivity index (χ0n) is 17.7. The molecule has 2 aliphatic rings. The first kappa shape index (κ1) is 21.0. The van der Waals surface area contributed by atoms with E-state index in [4.69, 9.17) is 4.74 Å². The highest BCUT2D eigenvalue weighted by Gasteiger charge is 2.35. The van der Waals surface area contributed by atoms with Gasteiger partial charge in [0, 0.05) is 26.1 Å². The molecule has 2 saturated heterocycles. The van der Waals surface area contributed by atoms with Crippen LogP contribution in [0, 0.1) is 0 Å². The number of carbonyl (C=O) groups excluding carboxylic acids is 1. The molecule has 162 valence electrons. The highest BCUT2D eigenvalue weighted by atomic mass is 16.5. The van der Waals surface area contributed by atoms with Gasteiger partial charge in [-0.3, -0.25) is 14.2 Å². The first-order chi connectivity index (χ1) is 14.5. The lowest BCUT2D eigenvalue weighted by Crippen LogP contribution is -2.50. The zero-order chi connectivity index (χ0) is 21.1. The Balaban J connectivity index is 1.44. The van der Waals surface area contributed by atoms with E-state index in [1.165, 1.54) is 0 Å². The van der Waals surface area contributed by atoms with Crippen molar-refractivity contribution in [2.75, 3.05) is 19.7 Å². The molecule has 0 radical (unpaired) electrons. The van der Waals surface area contributed by atoms with Crippen molar-refractivity contribution in [2.45, 2.75) is 70.1 Å². The Labute approximate surface area is 176 Å². The van der Waals surface area contributed by atoms with Crippen LogP contribution < -0.4 is 5.56 Å². The van der Waals surface area contributed by atoms with Crippen LogP contribution in [-0.4, -0.2) is 56.9 Å². The fraction of sp³-hybridized carbons (Fsp3) is 0.609. The van der Waals surface area contributed by atoms with Gasteiger partial charge in [-0.2, -0.15) is 0 Å². The number of para-hydroxylation sites is 1. The first-order valence-electron chi connectivity index (χ1n) is 11.1. The molecular weight excluding hydrogens is 382 g/mol. The number of hydrogen-bond acceptors (Lipinski definition) is 5. The van der Waals surface area contributed by atoms with Crippen molar-refractivity contribution in [2.24, 2.45) is 0 Å².